The Morgan fingerprint density at radius 1 is 0.821 bits per heavy atom. The van der Waals surface area contributed by atoms with Gasteiger partial charge in [0.05, 0.1) is 5.41 Å². The first kappa shape index (κ1) is 18.0. The minimum absolute atomic E-state index is 0.0117. The van der Waals surface area contributed by atoms with Gasteiger partial charge in [-0.25, -0.2) is 0 Å². The fourth-order valence-electron chi connectivity index (χ4n) is 3.39. The second kappa shape index (κ2) is 7.31. The Balaban J connectivity index is 1.53. The third kappa shape index (κ3) is 3.54. The summed E-state index contributed by atoms with van der Waals surface area (Å²) in [5.41, 5.74) is 3.44. The quantitative estimate of drug-likeness (QED) is 0.670. The van der Waals surface area contributed by atoms with Crippen LogP contribution in [0.1, 0.15) is 34.3 Å². The van der Waals surface area contributed by atoms with Crippen molar-refractivity contribution in [2.45, 2.75) is 25.2 Å². The molecule has 28 heavy (non-hydrogen) atoms. The van der Waals surface area contributed by atoms with E-state index in [1.807, 2.05) is 73.7 Å². The molecule has 0 unspecified atom stereocenters. The third-order valence-electron chi connectivity index (χ3n) is 5.29. The standard InChI is InChI=1S/C24H22N2O2/c1-17-12-13-18(22(27)25-20-10-6-3-7-11-20)16-21(17)26-23(28)24(14-15-24)19-8-4-2-5-9-19/h2-13,16H,14-15H2,1H3,(H,25,27)(H,26,28). The van der Waals surface area contributed by atoms with E-state index in [4.69, 9.17) is 0 Å². The van der Waals surface area contributed by atoms with Gasteiger partial charge in [0.25, 0.3) is 5.91 Å². The molecule has 0 radical (unpaired) electrons. The van der Waals surface area contributed by atoms with E-state index in [0.717, 1.165) is 29.7 Å². The van der Waals surface area contributed by atoms with Crippen LogP contribution in [-0.4, -0.2) is 11.8 Å². The molecule has 4 heteroatoms. The molecule has 0 bridgehead atoms. The second-order valence-corrected chi connectivity index (χ2v) is 7.25. The average molecular weight is 370 g/mol. The number of carbonyl (C=O) groups is 2. The Bertz CT molecular complexity index is 1010. The van der Waals surface area contributed by atoms with Gasteiger partial charge in [0.2, 0.25) is 5.91 Å². The molecule has 0 atom stereocenters. The predicted octanol–water partition coefficient (Wildman–Crippen LogP) is 4.92. The van der Waals surface area contributed by atoms with Gasteiger partial charge in [-0.2, -0.15) is 0 Å². The van der Waals surface area contributed by atoms with E-state index in [1.54, 1.807) is 12.1 Å². The van der Waals surface area contributed by atoms with Crippen molar-refractivity contribution in [2.24, 2.45) is 0 Å². The van der Waals surface area contributed by atoms with Gasteiger partial charge in [0, 0.05) is 16.9 Å². The molecule has 3 aromatic carbocycles. The molecule has 1 aliphatic carbocycles. The summed E-state index contributed by atoms with van der Waals surface area (Å²) in [4.78, 5) is 25.6. The Hall–Kier alpha value is -3.40. The number of hydrogen-bond acceptors (Lipinski definition) is 2. The van der Waals surface area contributed by atoms with Crippen LogP contribution in [0.25, 0.3) is 0 Å². The van der Waals surface area contributed by atoms with E-state index in [1.165, 1.54) is 0 Å². The summed E-state index contributed by atoms with van der Waals surface area (Å²) >= 11 is 0. The molecule has 0 spiro atoms. The molecule has 4 nitrogen and oxygen atoms in total. The van der Waals surface area contributed by atoms with Gasteiger partial charge in [0.1, 0.15) is 0 Å². The van der Waals surface area contributed by atoms with Crippen molar-refractivity contribution in [3.05, 3.63) is 95.6 Å². The zero-order chi connectivity index (χ0) is 19.6. The maximum absolute atomic E-state index is 13.0. The Morgan fingerprint density at radius 3 is 2.11 bits per heavy atom. The third-order valence-corrected chi connectivity index (χ3v) is 5.29. The van der Waals surface area contributed by atoms with E-state index < -0.39 is 5.41 Å². The molecule has 3 aromatic rings. The Morgan fingerprint density at radius 2 is 1.46 bits per heavy atom. The second-order valence-electron chi connectivity index (χ2n) is 7.25. The fourth-order valence-corrected chi connectivity index (χ4v) is 3.39. The van der Waals surface area contributed by atoms with E-state index in [0.29, 0.717) is 11.3 Å². The van der Waals surface area contributed by atoms with Crippen LogP contribution in [0.3, 0.4) is 0 Å². The smallest absolute Gasteiger partial charge is 0.255 e. The summed E-state index contributed by atoms with van der Waals surface area (Å²) in [6, 6.07) is 24.6. The first-order chi connectivity index (χ1) is 13.6. The lowest BCUT2D eigenvalue weighted by molar-refractivity contribution is -0.118. The number of benzene rings is 3. The maximum Gasteiger partial charge on any atom is 0.255 e. The minimum atomic E-state index is -0.448. The largest absolute Gasteiger partial charge is 0.325 e. The number of rotatable bonds is 5. The number of carbonyl (C=O) groups excluding carboxylic acids is 2. The monoisotopic (exact) mass is 370 g/mol. The zero-order valence-electron chi connectivity index (χ0n) is 15.7. The van der Waals surface area contributed by atoms with Crippen molar-refractivity contribution < 1.29 is 9.59 Å². The number of aryl methyl sites for hydroxylation is 1. The highest BCUT2D eigenvalue weighted by Gasteiger charge is 2.51. The summed E-state index contributed by atoms with van der Waals surface area (Å²) in [6.45, 7) is 1.93. The molecule has 4 rings (SSSR count). The molecule has 1 aliphatic rings. The van der Waals surface area contributed by atoms with E-state index in [-0.39, 0.29) is 11.8 Å². The summed E-state index contributed by atoms with van der Waals surface area (Å²) in [5, 5.41) is 5.93. The molecule has 2 N–H and O–H groups in total. The SMILES string of the molecule is Cc1ccc(C(=O)Nc2ccccc2)cc1NC(=O)C1(c2ccccc2)CC1. The maximum atomic E-state index is 13.0. The number of nitrogens with one attached hydrogen (secondary N) is 2. The predicted molar refractivity (Wildman–Crippen MR) is 112 cm³/mol. The van der Waals surface area contributed by atoms with E-state index >= 15 is 0 Å². The highest BCUT2D eigenvalue weighted by molar-refractivity contribution is 6.06. The van der Waals surface area contributed by atoms with Crippen molar-refractivity contribution in [1.29, 1.82) is 0 Å². The molecule has 0 aliphatic heterocycles. The van der Waals surface area contributed by atoms with Crippen LogP contribution in [0, 0.1) is 6.92 Å². The molecule has 0 heterocycles. The lowest BCUT2D eigenvalue weighted by Crippen LogP contribution is -2.28. The van der Waals surface area contributed by atoms with Crippen LogP contribution in [0.4, 0.5) is 11.4 Å². The molecule has 1 saturated carbocycles. The van der Waals surface area contributed by atoms with Crippen LogP contribution in [0.5, 0.6) is 0 Å². The van der Waals surface area contributed by atoms with Crippen LogP contribution in [0.15, 0.2) is 78.9 Å². The van der Waals surface area contributed by atoms with Gasteiger partial charge < -0.3 is 10.6 Å². The minimum Gasteiger partial charge on any atom is -0.325 e. The molecule has 2 amide bonds. The zero-order valence-corrected chi connectivity index (χ0v) is 15.7. The van der Waals surface area contributed by atoms with Gasteiger partial charge in [-0.05, 0) is 55.2 Å². The van der Waals surface area contributed by atoms with Gasteiger partial charge in [-0.3, -0.25) is 9.59 Å². The molecule has 1 fully saturated rings. The number of hydrogen-bond donors (Lipinski definition) is 2. The van der Waals surface area contributed by atoms with Crippen LogP contribution < -0.4 is 10.6 Å². The summed E-state index contributed by atoms with van der Waals surface area (Å²) < 4.78 is 0. The van der Waals surface area contributed by atoms with Crippen LogP contribution in [-0.2, 0) is 10.2 Å². The average Bonchev–Trinajstić information content (AvgIpc) is 3.53. The lowest BCUT2D eigenvalue weighted by Gasteiger charge is -2.17. The number of amides is 2. The highest BCUT2D eigenvalue weighted by atomic mass is 16.2. The topological polar surface area (TPSA) is 58.2 Å². The normalized spacial score (nSPS) is 14.2. The molecule has 140 valence electrons. The summed E-state index contributed by atoms with van der Waals surface area (Å²) in [5.74, 6) is -0.215. The lowest BCUT2D eigenvalue weighted by atomic mass is 9.94. The van der Waals surface area contributed by atoms with Crippen molar-refractivity contribution in [1.82, 2.24) is 0 Å². The first-order valence-electron chi connectivity index (χ1n) is 9.42. The Labute approximate surface area is 164 Å². The number of anilines is 2. The van der Waals surface area contributed by atoms with E-state index in [9.17, 15) is 9.59 Å². The Kier molecular flexibility index (Phi) is 4.70. The fraction of sp³-hybridized carbons (Fsp3) is 0.167. The van der Waals surface area contributed by atoms with Crippen LogP contribution in [0.2, 0.25) is 0 Å². The van der Waals surface area contributed by atoms with Gasteiger partial charge in [0.15, 0.2) is 0 Å². The van der Waals surface area contributed by atoms with Gasteiger partial charge >= 0.3 is 0 Å². The first-order valence-corrected chi connectivity index (χ1v) is 9.42. The van der Waals surface area contributed by atoms with Crippen molar-refractivity contribution in [3.63, 3.8) is 0 Å². The molecular formula is C24H22N2O2. The van der Waals surface area contributed by atoms with Gasteiger partial charge in [-0.1, -0.05) is 54.6 Å². The summed E-state index contributed by atoms with van der Waals surface area (Å²) in [7, 11) is 0. The van der Waals surface area contributed by atoms with E-state index in [2.05, 4.69) is 10.6 Å². The van der Waals surface area contributed by atoms with Crippen molar-refractivity contribution >= 4 is 23.2 Å². The number of para-hydroxylation sites is 1. The van der Waals surface area contributed by atoms with Gasteiger partial charge in [-0.15, -0.1) is 0 Å². The molecular weight excluding hydrogens is 348 g/mol. The van der Waals surface area contributed by atoms with Crippen molar-refractivity contribution in [2.75, 3.05) is 10.6 Å². The highest BCUT2D eigenvalue weighted by Crippen LogP contribution is 2.49. The molecule has 0 saturated heterocycles. The van der Waals surface area contributed by atoms with Crippen molar-refractivity contribution in [3.8, 4) is 0 Å². The van der Waals surface area contributed by atoms with Crippen LogP contribution >= 0.6 is 0 Å². The summed E-state index contributed by atoms with van der Waals surface area (Å²) in [6.07, 6.45) is 1.69. The molecule has 0 aromatic heterocycles.